The summed E-state index contributed by atoms with van der Waals surface area (Å²) in [6, 6.07) is 0. The third-order valence-electron chi connectivity index (χ3n) is 2.56. The molecule has 1 aliphatic rings. The van der Waals surface area contributed by atoms with Gasteiger partial charge in [0.1, 0.15) is 5.44 Å². The number of rotatable bonds is 4. The first-order valence-electron chi connectivity index (χ1n) is 6.23. The molecule has 7 heteroatoms. The lowest BCUT2D eigenvalue weighted by atomic mass is 10.3. The van der Waals surface area contributed by atoms with Crippen molar-refractivity contribution in [3.63, 3.8) is 0 Å². The molecule has 0 saturated carbocycles. The van der Waals surface area contributed by atoms with Crippen molar-refractivity contribution in [2.24, 2.45) is 0 Å². The number of hydrogen-bond acceptors (Lipinski definition) is 5. The Labute approximate surface area is 117 Å². The highest BCUT2D eigenvalue weighted by Gasteiger charge is 2.27. The summed E-state index contributed by atoms with van der Waals surface area (Å²) in [5.41, 5.74) is -0.0945. The molecule has 0 aromatic carbocycles. The smallest absolute Gasteiger partial charge is 0.268 e. The Morgan fingerprint density at radius 2 is 2.00 bits per heavy atom. The van der Waals surface area contributed by atoms with E-state index in [1.807, 2.05) is 20.9 Å². The molecule has 0 N–H and O–H groups in total. The number of ether oxygens (including phenoxy) is 1. The number of likely N-dealkylation sites (N-methyl/N-ethyl adjacent to an activating group) is 1. The van der Waals surface area contributed by atoms with Gasteiger partial charge < -0.3 is 14.2 Å². The minimum Gasteiger partial charge on any atom is -0.360 e. The van der Waals surface area contributed by atoms with Gasteiger partial charge in [-0.15, -0.1) is 12.6 Å². The topological polar surface area (TPSA) is 42.0 Å². The molecule has 18 heavy (non-hydrogen) atoms. The maximum atomic E-state index is 11.9. The van der Waals surface area contributed by atoms with E-state index in [1.54, 1.807) is 25.4 Å². The molecule has 1 saturated heterocycles. The van der Waals surface area contributed by atoms with Gasteiger partial charge in [0.15, 0.2) is 0 Å². The predicted octanol–water partition coefficient (Wildman–Crippen LogP) is 2.00. The molecular weight excluding hydrogens is 271 g/mol. The van der Waals surface area contributed by atoms with Crippen LogP contribution >= 0.6 is 20.1 Å². The van der Waals surface area contributed by atoms with Crippen LogP contribution in [0.1, 0.15) is 13.8 Å². The molecule has 1 fully saturated rings. The Bertz CT molecular complexity index is 269. The lowest BCUT2D eigenvalue weighted by Crippen LogP contribution is -2.45. The molecule has 3 unspecified atom stereocenters. The van der Waals surface area contributed by atoms with Gasteiger partial charge in [0.25, 0.3) is 7.52 Å². The molecule has 0 aliphatic carbocycles. The van der Waals surface area contributed by atoms with Crippen molar-refractivity contribution in [1.82, 2.24) is 9.57 Å². The van der Waals surface area contributed by atoms with E-state index >= 15 is 0 Å². The van der Waals surface area contributed by atoms with Gasteiger partial charge in [-0.25, -0.2) is 4.67 Å². The van der Waals surface area contributed by atoms with Gasteiger partial charge >= 0.3 is 0 Å². The Kier molecular flexibility index (Phi) is 8.76. The quantitative estimate of drug-likeness (QED) is 0.635. The first-order valence-corrected chi connectivity index (χ1v) is 8.77. The van der Waals surface area contributed by atoms with Crippen LogP contribution in [-0.4, -0.2) is 68.6 Å². The van der Waals surface area contributed by atoms with Gasteiger partial charge in [-0.2, -0.15) is 0 Å². The number of nitrogens with zero attached hydrogens (tertiary/aromatic N) is 2. The van der Waals surface area contributed by atoms with E-state index in [1.165, 1.54) is 0 Å². The van der Waals surface area contributed by atoms with Crippen molar-refractivity contribution < 1.29 is 13.8 Å². The largest absolute Gasteiger partial charge is 0.360 e. The van der Waals surface area contributed by atoms with Crippen molar-refractivity contribution in [1.29, 1.82) is 0 Å². The third kappa shape index (κ3) is 6.55. The zero-order valence-corrected chi connectivity index (χ0v) is 14.1. The molecule has 110 valence electrons. The zero-order valence-electron chi connectivity index (χ0n) is 12.3. The molecule has 3 atom stereocenters. The summed E-state index contributed by atoms with van der Waals surface area (Å²) in [4.78, 5) is 2.13. The zero-order chi connectivity index (χ0) is 14.3. The van der Waals surface area contributed by atoms with E-state index in [0.717, 1.165) is 13.1 Å². The predicted molar refractivity (Wildman–Crippen MR) is 79.7 cm³/mol. The fourth-order valence-corrected chi connectivity index (χ4v) is 2.55. The lowest BCUT2D eigenvalue weighted by molar-refractivity contribution is -0.0557. The highest BCUT2D eigenvalue weighted by molar-refractivity contribution is 7.80. The van der Waals surface area contributed by atoms with Gasteiger partial charge in [-0.05, 0) is 21.1 Å². The van der Waals surface area contributed by atoms with Gasteiger partial charge in [0.2, 0.25) is 0 Å². The molecule has 0 bridgehead atoms. The first-order chi connectivity index (χ1) is 8.31. The molecule has 0 radical (unpaired) electrons. The fourth-order valence-electron chi connectivity index (χ4n) is 1.43. The van der Waals surface area contributed by atoms with E-state index in [4.69, 9.17) is 9.26 Å². The van der Waals surface area contributed by atoms with Gasteiger partial charge in [-0.1, -0.05) is 13.8 Å². The first kappa shape index (κ1) is 18.4. The van der Waals surface area contributed by atoms with Crippen molar-refractivity contribution in [2.45, 2.75) is 25.4 Å². The van der Waals surface area contributed by atoms with Crippen molar-refractivity contribution in [2.75, 3.05) is 47.5 Å². The summed E-state index contributed by atoms with van der Waals surface area (Å²) in [5, 5.41) is 0. The molecule has 1 aliphatic heterocycles. The van der Waals surface area contributed by atoms with Crippen LogP contribution in [0.25, 0.3) is 0 Å². The average molecular weight is 298 g/mol. The van der Waals surface area contributed by atoms with Gasteiger partial charge in [-0.3, -0.25) is 4.57 Å². The summed E-state index contributed by atoms with van der Waals surface area (Å²) in [6.07, 6.45) is -0.0607. The second-order valence-electron chi connectivity index (χ2n) is 4.38. The normalized spacial score (nSPS) is 28.4. The summed E-state index contributed by atoms with van der Waals surface area (Å²) < 4.78 is 24.6. The third-order valence-corrected chi connectivity index (χ3v) is 4.93. The number of morpholine rings is 1. The molecular formula is C11H27N2O3PS. The highest BCUT2D eigenvalue weighted by Crippen LogP contribution is 2.44. The molecule has 0 aromatic rings. The Balaban J connectivity index is 0.00000137. The Morgan fingerprint density at radius 1 is 1.44 bits per heavy atom. The second-order valence-corrected chi connectivity index (χ2v) is 7.62. The SMILES string of the molecule is CC.CN1CC(S)OC(COP(C)(=O)N(C)C)C1. The van der Waals surface area contributed by atoms with E-state index in [-0.39, 0.29) is 11.5 Å². The Morgan fingerprint density at radius 3 is 2.44 bits per heavy atom. The molecule has 0 aromatic heterocycles. The average Bonchev–Trinajstić information content (AvgIpc) is 2.28. The highest BCUT2D eigenvalue weighted by atomic mass is 32.1. The summed E-state index contributed by atoms with van der Waals surface area (Å²) >= 11 is 4.29. The van der Waals surface area contributed by atoms with Crippen LogP contribution < -0.4 is 0 Å². The van der Waals surface area contributed by atoms with Gasteiger partial charge in [0.05, 0.1) is 12.7 Å². The molecule has 0 amide bonds. The van der Waals surface area contributed by atoms with Crippen LogP contribution in [-0.2, 0) is 13.8 Å². The van der Waals surface area contributed by atoms with Crippen LogP contribution in [0.4, 0.5) is 0 Å². The number of thiol groups is 1. The molecule has 0 spiro atoms. The van der Waals surface area contributed by atoms with E-state index in [9.17, 15) is 4.57 Å². The van der Waals surface area contributed by atoms with E-state index in [2.05, 4.69) is 17.5 Å². The monoisotopic (exact) mass is 298 g/mol. The lowest BCUT2D eigenvalue weighted by Gasteiger charge is -2.34. The van der Waals surface area contributed by atoms with E-state index in [0.29, 0.717) is 6.61 Å². The molecule has 1 heterocycles. The maximum Gasteiger partial charge on any atom is 0.268 e. The van der Waals surface area contributed by atoms with Crippen LogP contribution in [0, 0.1) is 0 Å². The minimum absolute atomic E-state index is 0.0607. The van der Waals surface area contributed by atoms with Crippen LogP contribution in [0.15, 0.2) is 0 Å². The summed E-state index contributed by atoms with van der Waals surface area (Å²) in [7, 11) is 2.84. The van der Waals surface area contributed by atoms with Crippen LogP contribution in [0.3, 0.4) is 0 Å². The molecule has 5 nitrogen and oxygen atoms in total. The van der Waals surface area contributed by atoms with Crippen molar-refractivity contribution in [3.05, 3.63) is 0 Å². The van der Waals surface area contributed by atoms with Crippen LogP contribution in [0.2, 0.25) is 0 Å². The maximum absolute atomic E-state index is 11.9. The summed E-state index contributed by atoms with van der Waals surface area (Å²) in [6.45, 7) is 7.53. The minimum atomic E-state index is -2.66. The van der Waals surface area contributed by atoms with Crippen molar-refractivity contribution >= 4 is 20.1 Å². The van der Waals surface area contributed by atoms with Gasteiger partial charge in [0, 0.05) is 19.8 Å². The van der Waals surface area contributed by atoms with Crippen LogP contribution in [0.5, 0.6) is 0 Å². The summed E-state index contributed by atoms with van der Waals surface area (Å²) in [5.74, 6) is 0. The van der Waals surface area contributed by atoms with Crippen molar-refractivity contribution in [3.8, 4) is 0 Å². The van der Waals surface area contributed by atoms with E-state index < -0.39 is 7.52 Å². The molecule has 1 rings (SSSR count). The second kappa shape index (κ2) is 8.56. The Hall–Kier alpha value is 0.420. The standard InChI is InChI=1S/C9H21N2O3PS.C2H6/c1-10(2)15(4,12)13-7-8-5-11(3)6-9(16)14-8;1-2/h8-9,16H,5-7H2,1-4H3;1-2H3. The fraction of sp³-hybridized carbons (Fsp3) is 1.00. The number of hydrogen-bond donors (Lipinski definition) is 1.